The van der Waals surface area contributed by atoms with Crippen molar-refractivity contribution in [2.24, 2.45) is 0 Å². The molecule has 0 aliphatic carbocycles. The molecule has 3 heterocycles. The van der Waals surface area contributed by atoms with Crippen molar-refractivity contribution < 1.29 is 14.0 Å². The fourth-order valence-corrected chi connectivity index (χ4v) is 2.32. The molecule has 0 N–H and O–H groups in total. The number of rotatable bonds is 2. The van der Waals surface area contributed by atoms with Crippen LogP contribution in [0.3, 0.4) is 0 Å². The number of hydrogen-bond donors (Lipinski definition) is 0. The Balaban J connectivity index is 1.74. The van der Waals surface area contributed by atoms with E-state index in [-0.39, 0.29) is 18.0 Å². The molecule has 1 aliphatic heterocycles. The minimum absolute atomic E-state index is 0.0749. The lowest BCUT2D eigenvalue weighted by atomic mass is 10.2. The van der Waals surface area contributed by atoms with Gasteiger partial charge in [-0.25, -0.2) is 9.37 Å². The minimum atomic E-state index is -0.688. The molecule has 6 nitrogen and oxygen atoms in total. The van der Waals surface area contributed by atoms with Gasteiger partial charge in [-0.05, 0) is 18.2 Å². The Kier molecular flexibility index (Phi) is 3.78. The SMILES string of the molecule is O=C(c1ccncc1F)N1CCN(c2ccccn2)C(=O)C1. The lowest BCUT2D eigenvalue weighted by Crippen LogP contribution is -2.52. The van der Waals surface area contributed by atoms with Crippen LogP contribution in [0.25, 0.3) is 0 Å². The van der Waals surface area contributed by atoms with Gasteiger partial charge in [-0.1, -0.05) is 6.07 Å². The fraction of sp³-hybridized carbons (Fsp3) is 0.200. The molecule has 2 aromatic heterocycles. The summed E-state index contributed by atoms with van der Waals surface area (Å²) in [5.41, 5.74) is -0.0749. The first-order chi connectivity index (χ1) is 10.7. The van der Waals surface area contributed by atoms with Gasteiger partial charge in [0, 0.05) is 25.5 Å². The topological polar surface area (TPSA) is 66.4 Å². The molecule has 1 aliphatic rings. The highest BCUT2D eigenvalue weighted by atomic mass is 19.1. The Bertz CT molecular complexity index is 708. The summed E-state index contributed by atoms with van der Waals surface area (Å²) < 4.78 is 13.6. The molecular formula is C15H13FN4O2. The predicted molar refractivity (Wildman–Crippen MR) is 76.7 cm³/mol. The summed E-state index contributed by atoms with van der Waals surface area (Å²) in [4.78, 5) is 35.1. The molecule has 3 rings (SSSR count). The number of piperazine rings is 1. The third-order valence-electron chi connectivity index (χ3n) is 3.44. The molecule has 112 valence electrons. The van der Waals surface area contributed by atoms with E-state index in [4.69, 9.17) is 0 Å². The predicted octanol–water partition coefficient (Wildman–Crippen LogP) is 1.10. The number of anilines is 1. The molecule has 1 fully saturated rings. The maximum absolute atomic E-state index is 13.6. The van der Waals surface area contributed by atoms with Crippen molar-refractivity contribution in [2.75, 3.05) is 24.5 Å². The second-order valence-corrected chi connectivity index (χ2v) is 4.82. The van der Waals surface area contributed by atoms with Crippen molar-refractivity contribution in [2.45, 2.75) is 0 Å². The smallest absolute Gasteiger partial charge is 0.257 e. The van der Waals surface area contributed by atoms with E-state index in [0.29, 0.717) is 18.9 Å². The van der Waals surface area contributed by atoms with Crippen LogP contribution in [0.1, 0.15) is 10.4 Å². The van der Waals surface area contributed by atoms with Crippen molar-refractivity contribution in [1.29, 1.82) is 0 Å². The normalized spacial score (nSPS) is 15.0. The molecule has 2 amide bonds. The third-order valence-corrected chi connectivity index (χ3v) is 3.44. The van der Waals surface area contributed by atoms with Crippen LogP contribution in [0, 0.1) is 5.82 Å². The fourth-order valence-electron chi connectivity index (χ4n) is 2.32. The van der Waals surface area contributed by atoms with Crippen LogP contribution in [0.4, 0.5) is 10.2 Å². The van der Waals surface area contributed by atoms with Crippen molar-refractivity contribution in [3.63, 3.8) is 0 Å². The van der Waals surface area contributed by atoms with Gasteiger partial charge in [0.25, 0.3) is 5.91 Å². The Morgan fingerprint density at radius 3 is 2.73 bits per heavy atom. The maximum Gasteiger partial charge on any atom is 0.257 e. The summed E-state index contributed by atoms with van der Waals surface area (Å²) in [6.07, 6.45) is 3.94. The highest BCUT2D eigenvalue weighted by Gasteiger charge is 2.30. The van der Waals surface area contributed by atoms with Crippen molar-refractivity contribution in [3.05, 3.63) is 54.2 Å². The van der Waals surface area contributed by atoms with Crippen LogP contribution in [-0.4, -0.2) is 46.3 Å². The number of aromatic nitrogens is 2. The lowest BCUT2D eigenvalue weighted by Gasteiger charge is -2.33. The van der Waals surface area contributed by atoms with Gasteiger partial charge in [-0.2, -0.15) is 0 Å². The highest BCUT2D eigenvalue weighted by Crippen LogP contribution is 2.16. The monoisotopic (exact) mass is 300 g/mol. The van der Waals surface area contributed by atoms with Crippen LogP contribution in [0.15, 0.2) is 42.9 Å². The van der Waals surface area contributed by atoms with E-state index >= 15 is 0 Å². The summed E-state index contributed by atoms with van der Waals surface area (Å²) in [6, 6.07) is 6.60. The Labute approximate surface area is 126 Å². The van der Waals surface area contributed by atoms with Gasteiger partial charge in [0.05, 0.1) is 11.8 Å². The first-order valence-electron chi connectivity index (χ1n) is 6.77. The van der Waals surface area contributed by atoms with Gasteiger partial charge in [0.2, 0.25) is 5.91 Å². The molecular weight excluding hydrogens is 287 g/mol. The maximum atomic E-state index is 13.6. The van der Waals surface area contributed by atoms with E-state index in [1.807, 2.05) is 0 Å². The molecule has 22 heavy (non-hydrogen) atoms. The van der Waals surface area contributed by atoms with Gasteiger partial charge < -0.3 is 4.90 Å². The Morgan fingerprint density at radius 2 is 2.05 bits per heavy atom. The van der Waals surface area contributed by atoms with Crippen molar-refractivity contribution >= 4 is 17.6 Å². The zero-order valence-corrected chi connectivity index (χ0v) is 11.6. The summed E-state index contributed by atoms with van der Waals surface area (Å²) >= 11 is 0. The number of hydrogen-bond acceptors (Lipinski definition) is 4. The van der Waals surface area contributed by atoms with Crippen LogP contribution in [0.2, 0.25) is 0 Å². The van der Waals surface area contributed by atoms with Crippen LogP contribution >= 0.6 is 0 Å². The van der Waals surface area contributed by atoms with Crippen molar-refractivity contribution in [1.82, 2.24) is 14.9 Å². The van der Waals surface area contributed by atoms with E-state index in [1.165, 1.54) is 22.1 Å². The summed E-state index contributed by atoms with van der Waals surface area (Å²) in [5, 5.41) is 0. The Hall–Kier alpha value is -2.83. The van der Waals surface area contributed by atoms with Crippen molar-refractivity contribution in [3.8, 4) is 0 Å². The standard InChI is InChI=1S/C15H13FN4O2/c16-12-9-17-6-4-11(12)15(22)19-7-8-20(14(21)10-19)13-3-1-2-5-18-13/h1-6,9H,7-8,10H2. The van der Waals surface area contributed by atoms with Crippen LogP contribution in [0.5, 0.6) is 0 Å². The summed E-state index contributed by atoms with van der Waals surface area (Å²) in [5.74, 6) is -0.886. The lowest BCUT2D eigenvalue weighted by molar-refractivity contribution is -0.120. The van der Waals surface area contributed by atoms with Gasteiger partial charge in [0.1, 0.15) is 12.4 Å². The number of amides is 2. The number of carbonyl (C=O) groups excluding carboxylic acids is 2. The van der Waals surface area contributed by atoms with E-state index in [0.717, 1.165) is 6.20 Å². The number of carbonyl (C=O) groups is 2. The molecule has 2 aromatic rings. The molecule has 0 spiro atoms. The average Bonchev–Trinajstić information content (AvgIpc) is 2.55. The summed E-state index contributed by atoms with van der Waals surface area (Å²) in [7, 11) is 0. The van der Waals surface area contributed by atoms with Crippen LogP contribution < -0.4 is 4.90 Å². The first kappa shape index (κ1) is 14.1. The third kappa shape index (κ3) is 2.65. The van der Waals surface area contributed by atoms with Crippen LogP contribution in [-0.2, 0) is 4.79 Å². The highest BCUT2D eigenvalue weighted by molar-refractivity contribution is 6.01. The molecule has 0 radical (unpaired) electrons. The quantitative estimate of drug-likeness (QED) is 0.833. The zero-order valence-electron chi connectivity index (χ0n) is 11.6. The second-order valence-electron chi connectivity index (χ2n) is 4.82. The van der Waals surface area contributed by atoms with Gasteiger partial charge in [0.15, 0.2) is 5.82 Å². The number of nitrogens with zero attached hydrogens (tertiary/aromatic N) is 4. The number of halogens is 1. The zero-order chi connectivity index (χ0) is 15.5. The molecule has 0 bridgehead atoms. The molecule has 0 unspecified atom stereocenters. The van der Waals surface area contributed by atoms with Gasteiger partial charge in [-0.15, -0.1) is 0 Å². The molecule has 0 saturated carbocycles. The Morgan fingerprint density at radius 1 is 1.18 bits per heavy atom. The molecule has 7 heteroatoms. The number of pyridine rings is 2. The molecule has 1 saturated heterocycles. The van der Waals surface area contributed by atoms with Gasteiger partial charge >= 0.3 is 0 Å². The first-order valence-corrected chi connectivity index (χ1v) is 6.77. The minimum Gasteiger partial charge on any atom is -0.327 e. The molecule has 0 aromatic carbocycles. The average molecular weight is 300 g/mol. The van der Waals surface area contributed by atoms with E-state index in [2.05, 4.69) is 9.97 Å². The van der Waals surface area contributed by atoms with E-state index < -0.39 is 11.7 Å². The largest absolute Gasteiger partial charge is 0.327 e. The van der Waals surface area contributed by atoms with E-state index in [1.54, 1.807) is 24.4 Å². The summed E-state index contributed by atoms with van der Waals surface area (Å²) in [6.45, 7) is 0.550. The molecule has 0 atom stereocenters. The van der Waals surface area contributed by atoms with E-state index in [9.17, 15) is 14.0 Å². The van der Waals surface area contributed by atoms with Gasteiger partial charge in [-0.3, -0.25) is 19.5 Å². The second kappa shape index (κ2) is 5.88.